The predicted octanol–water partition coefficient (Wildman–Crippen LogP) is 4.04. The average Bonchev–Trinajstić information content (AvgIpc) is 2.97. The second kappa shape index (κ2) is 3.00. The molecule has 2 unspecified atom stereocenters. The number of fused-ring (bicyclic) bond motifs is 1. The first kappa shape index (κ1) is 8.79. The quantitative estimate of drug-likeness (QED) is 0.609. The van der Waals surface area contributed by atoms with Crippen LogP contribution in [-0.2, 0) is 6.42 Å². The second-order valence-corrected chi connectivity index (χ2v) is 5.29. The van der Waals surface area contributed by atoms with E-state index in [-0.39, 0.29) is 5.38 Å². The number of hydrogen-bond acceptors (Lipinski definition) is 0. The minimum Gasteiger partial charge on any atom is -0.118 e. The normalized spacial score (nSPS) is 30.4. The summed E-state index contributed by atoms with van der Waals surface area (Å²) in [6.07, 6.45) is 3.91. The Kier molecular flexibility index (Phi) is 1.88. The Morgan fingerprint density at radius 3 is 2.79 bits per heavy atom. The molecule has 3 rings (SSSR count). The van der Waals surface area contributed by atoms with Gasteiger partial charge in [0.15, 0.2) is 0 Å². The fraction of sp³-hybridized carbons (Fsp3) is 0.538. The molecule has 0 bridgehead atoms. The molecule has 1 aromatic rings. The van der Waals surface area contributed by atoms with Crippen molar-refractivity contribution < 1.29 is 0 Å². The zero-order valence-electron chi connectivity index (χ0n) is 8.46. The third-order valence-electron chi connectivity index (χ3n) is 3.56. The lowest BCUT2D eigenvalue weighted by molar-refractivity contribution is 0.608. The molecule has 0 aliphatic heterocycles. The van der Waals surface area contributed by atoms with Crippen molar-refractivity contribution in [1.82, 2.24) is 0 Å². The number of hydrogen-bond donors (Lipinski definition) is 0. The molecule has 1 heteroatoms. The van der Waals surface area contributed by atoms with Gasteiger partial charge in [0.05, 0.1) is 5.38 Å². The average molecular weight is 207 g/mol. The van der Waals surface area contributed by atoms with Gasteiger partial charge in [-0.3, -0.25) is 0 Å². The minimum atomic E-state index is 0.253. The first-order valence-electron chi connectivity index (χ1n) is 5.52. The van der Waals surface area contributed by atoms with E-state index in [1.54, 1.807) is 0 Å². The van der Waals surface area contributed by atoms with Crippen molar-refractivity contribution in [3.63, 3.8) is 0 Å². The van der Waals surface area contributed by atoms with Crippen LogP contribution < -0.4 is 0 Å². The summed E-state index contributed by atoms with van der Waals surface area (Å²) in [6.45, 7) is 2.24. The van der Waals surface area contributed by atoms with Crippen molar-refractivity contribution in [2.24, 2.45) is 5.92 Å². The van der Waals surface area contributed by atoms with Crippen molar-refractivity contribution >= 4 is 11.6 Å². The van der Waals surface area contributed by atoms with E-state index in [1.807, 2.05) is 0 Å². The number of alkyl halides is 1. The number of rotatable bonds is 1. The van der Waals surface area contributed by atoms with E-state index >= 15 is 0 Å². The van der Waals surface area contributed by atoms with Gasteiger partial charge in [0.25, 0.3) is 0 Å². The molecule has 0 amide bonds. The third-order valence-corrected chi connectivity index (χ3v) is 4.22. The smallest absolute Gasteiger partial charge is 0.0616 e. The largest absolute Gasteiger partial charge is 0.118 e. The Labute approximate surface area is 90.3 Å². The molecule has 14 heavy (non-hydrogen) atoms. The highest BCUT2D eigenvalue weighted by Gasteiger charge is 2.30. The van der Waals surface area contributed by atoms with E-state index < -0.39 is 0 Å². The Bertz CT molecular complexity index is 365. The Morgan fingerprint density at radius 1 is 1.29 bits per heavy atom. The van der Waals surface area contributed by atoms with E-state index in [0.717, 1.165) is 12.3 Å². The maximum absolute atomic E-state index is 6.39. The molecular weight excluding hydrogens is 192 g/mol. The molecule has 74 valence electrons. The van der Waals surface area contributed by atoms with E-state index in [9.17, 15) is 0 Å². The van der Waals surface area contributed by atoms with Crippen LogP contribution >= 0.6 is 11.6 Å². The summed E-state index contributed by atoms with van der Waals surface area (Å²) >= 11 is 6.39. The molecule has 2 aliphatic rings. The summed E-state index contributed by atoms with van der Waals surface area (Å²) < 4.78 is 0. The van der Waals surface area contributed by atoms with Crippen LogP contribution in [-0.4, -0.2) is 0 Å². The van der Waals surface area contributed by atoms with Gasteiger partial charge in [0, 0.05) is 0 Å². The van der Waals surface area contributed by atoms with Crippen LogP contribution in [0.3, 0.4) is 0 Å². The number of halogens is 1. The first-order chi connectivity index (χ1) is 6.75. The minimum absolute atomic E-state index is 0.253. The van der Waals surface area contributed by atoms with Crippen LogP contribution in [0.25, 0.3) is 0 Å². The highest BCUT2D eigenvalue weighted by atomic mass is 35.5. The van der Waals surface area contributed by atoms with Crippen LogP contribution in [0.2, 0.25) is 0 Å². The van der Waals surface area contributed by atoms with Gasteiger partial charge in [0.1, 0.15) is 0 Å². The zero-order valence-corrected chi connectivity index (χ0v) is 9.22. The maximum atomic E-state index is 6.39. The molecule has 0 radical (unpaired) electrons. The highest BCUT2D eigenvalue weighted by molar-refractivity contribution is 6.21. The Balaban J connectivity index is 2.02. The van der Waals surface area contributed by atoms with E-state index in [0.29, 0.717) is 5.92 Å². The standard InChI is InChI=1S/C13H15Cl/c1-8-6-11-5-4-10(9-2-3-9)7-12(11)13(8)14/h4-5,7-9,13H,2-3,6H2,1H3. The van der Waals surface area contributed by atoms with Gasteiger partial charge in [-0.1, -0.05) is 25.1 Å². The molecule has 2 aliphatic carbocycles. The van der Waals surface area contributed by atoms with Gasteiger partial charge in [0.2, 0.25) is 0 Å². The lowest BCUT2D eigenvalue weighted by Gasteiger charge is -2.08. The van der Waals surface area contributed by atoms with Crippen LogP contribution in [0.1, 0.15) is 47.8 Å². The summed E-state index contributed by atoms with van der Waals surface area (Å²) in [4.78, 5) is 0. The van der Waals surface area contributed by atoms with Crippen molar-refractivity contribution in [3.05, 3.63) is 34.9 Å². The summed E-state index contributed by atoms with van der Waals surface area (Å²) in [5.74, 6) is 1.46. The lowest BCUT2D eigenvalue weighted by Crippen LogP contribution is -1.94. The molecule has 2 atom stereocenters. The van der Waals surface area contributed by atoms with Crippen LogP contribution in [0.5, 0.6) is 0 Å². The molecule has 0 spiro atoms. The molecule has 0 aromatic heterocycles. The molecule has 0 heterocycles. The Morgan fingerprint density at radius 2 is 2.07 bits per heavy atom. The van der Waals surface area contributed by atoms with Crippen LogP contribution in [0, 0.1) is 5.92 Å². The molecule has 1 fully saturated rings. The molecular formula is C13H15Cl. The van der Waals surface area contributed by atoms with E-state index in [1.165, 1.54) is 29.5 Å². The SMILES string of the molecule is CC1Cc2ccc(C3CC3)cc2C1Cl. The molecule has 1 saturated carbocycles. The van der Waals surface area contributed by atoms with Gasteiger partial charge in [-0.05, 0) is 47.8 Å². The second-order valence-electron chi connectivity index (χ2n) is 4.82. The number of benzene rings is 1. The lowest BCUT2D eigenvalue weighted by atomic mass is 10.0. The third kappa shape index (κ3) is 1.28. The summed E-state index contributed by atoms with van der Waals surface area (Å²) in [6, 6.07) is 6.95. The monoisotopic (exact) mass is 206 g/mol. The van der Waals surface area contributed by atoms with Crippen molar-refractivity contribution in [2.75, 3.05) is 0 Å². The fourth-order valence-corrected chi connectivity index (χ4v) is 2.78. The summed E-state index contributed by atoms with van der Waals surface area (Å²) in [7, 11) is 0. The van der Waals surface area contributed by atoms with Gasteiger partial charge < -0.3 is 0 Å². The first-order valence-corrected chi connectivity index (χ1v) is 5.96. The van der Waals surface area contributed by atoms with Gasteiger partial charge in [-0.15, -0.1) is 11.6 Å². The maximum Gasteiger partial charge on any atom is 0.0616 e. The Hall–Kier alpha value is -0.490. The zero-order chi connectivity index (χ0) is 9.71. The topological polar surface area (TPSA) is 0 Å². The van der Waals surface area contributed by atoms with Crippen molar-refractivity contribution in [3.8, 4) is 0 Å². The van der Waals surface area contributed by atoms with Crippen molar-refractivity contribution in [1.29, 1.82) is 0 Å². The van der Waals surface area contributed by atoms with Crippen LogP contribution in [0.4, 0.5) is 0 Å². The van der Waals surface area contributed by atoms with E-state index in [2.05, 4.69) is 25.1 Å². The van der Waals surface area contributed by atoms with Crippen molar-refractivity contribution in [2.45, 2.75) is 37.5 Å². The highest BCUT2D eigenvalue weighted by Crippen LogP contribution is 2.45. The predicted molar refractivity (Wildman–Crippen MR) is 59.9 cm³/mol. The fourth-order valence-electron chi connectivity index (χ4n) is 2.48. The molecule has 0 nitrogen and oxygen atoms in total. The summed E-state index contributed by atoms with van der Waals surface area (Å²) in [5.41, 5.74) is 4.40. The molecule has 0 N–H and O–H groups in total. The molecule has 1 aromatic carbocycles. The van der Waals surface area contributed by atoms with E-state index in [4.69, 9.17) is 11.6 Å². The van der Waals surface area contributed by atoms with Gasteiger partial charge >= 0.3 is 0 Å². The summed E-state index contributed by atoms with van der Waals surface area (Å²) in [5, 5.41) is 0.253. The van der Waals surface area contributed by atoms with Crippen LogP contribution in [0.15, 0.2) is 18.2 Å². The molecule has 0 saturated heterocycles. The van der Waals surface area contributed by atoms with Gasteiger partial charge in [-0.25, -0.2) is 0 Å². The van der Waals surface area contributed by atoms with Gasteiger partial charge in [-0.2, -0.15) is 0 Å².